The molecular formula is C10H14Br2N2O2S. The highest BCUT2D eigenvalue weighted by atomic mass is 79.9. The molecule has 1 unspecified atom stereocenters. The lowest BCUT2D eigenvalue weighted by molar-refractivity contribution is 0.483. The van der Waals surface area contributed by atoms with Gasteiger partial charge >= 0.3 is 0 Å². The van der Waals surface area contributed by atoms with Gasteiger partial charge in [-0.1, -0.05) is 29.8 Å². The van der Waals surface area contributed by atoms with Crippen molar-refractivity contribution in [2.24, 2.45) is 5.92 Å². The monoisotopic (exact) mass is 384 g/mol. The predicted octanol–water partition coefficient (Wildman–Crippen LogP) is 2.54. The molecule has 1 aromatic rings. The van der Waals surface area contributed by atoms with Crippen LogP contribution in [0.3, 0.4) is 0 Å². The van der Waals surface area contributed by atoms with Gasteiger partial charge in [0.15, 0.2) is 0 Å². The van der Waals surface area contributed by atoms with Crippen LogP contribution in [0.4, 0.5) is 0 Å². The number of rotatable bonds is 5. The molecule has 0 aromatic carbocycles. The fourth-order valence-corrected chi connectivity index (χ4v) is 4.16. The molecule has 17 heavy (non-hydrogen) atoms. The number of alkyl halides is 1. The minimum Gasteiger partial charge on any atom is -0.262 e. The molecule has 0 aliphatic carbocycles. The third-order valence-corrected chi connectivity index (χ3v) is 4.86. The number of hydrogen-bond acceptors (Lipinski definition) is 3. The highest BCUT2D eigenvalue weighted by Crippen LogP contribution is 2.16. The summed E-state index contributed by atoms with van der Waals surface area (Å²) >= 11 is 6.51. The maximum atomic E-state index is 12.1. The van der Waals surface area contributed by atoms with Gasteiger partial charge in [-0.15, -0.1) is 0 Å². The van der Waals surface area contributed by atoms with E-state index in [1.54, 1.807) is 6.20 Å². The Kier molecular flexibility index (Phi) is 5.56. The van der Waals surface area contributed by atoms with Crippen molar-refractivity contribution in [1.29, 1.82) is 0 Å². The van der Waals surface area contributed by atoms with E-state index in [1.807, 2.05) is 13.8 Å². The molecule has 1 atom stereocenters. The molecule has 0 saturated heterocycles. The summed E-state index contributed by atoms with van der Waals surface area (Å²) in [6.07, 6.45) is 2.88. The second kappa shape index (κ2) is 6.26. The third kappa shape index (κ3) is 4.31. The molecule has 1 aromatic heterocycles. The highest BCUT2D eigenvalue weighted by Gasteiger charge is 2.21. The molecule has 0 radical (unpaired) electrons. The largest absolute Gasteiger partial charge is 0.262 e. The summed E-state index contributed by atoms with van der Waals surface area (Å²) in [6, 6.07) is 1.39. The van der Waals surface area contributed by atoms with Crippen molar-refractivity contribution in [2.45, 2.75) is 24.8 Å². The molecule has 0 aliphatic heterocycles. The van der Waals surface area contributed by atoms with Crippen LogP contribution in [0.5, 0.6) is 0 Å². The molecule has 1 heterocycles. The lowest BCUT2D eigenvalue weighted by Crippen LogP contribution is -2.39. The first-order valence-electron chi connectivity index (χ1n) is 5.05. The molecule has 0 saturated carbocycles. The summed E-state index contributed by atoms with van der Waals surface area (Å²) in [4.78, 5) is 4.02. The van der Waals surface area contributed by atoms with E-state index < -0.39 is 10.0 Å². The Morgan fingerprint density at radius 3 is 2.53 bits per heavy atom. The Morgan fingerprint density at radius 2 is 2.06 bits per heavy atom. The topological polar surface area (TPSA) is 59.1 Å². The van der Waals surface area contributed by atoms with Crippen LogP contribution in [0.2, 0.25) is 0 Å². The maximum Gasteiger partial charge on any atom is 0.242 e. The van der Waals surface area contributed by atoms with Crippen LogP contribution in [0.25, 0.3) is 0 Å². The quantitative estimate of drug-likeness (QED) is 0.792. The SMILES string of the molecule is CC(C)C(CBr)NS(=O)(=O)c1cncc(Br)c1. The number of sulfonamides is 1. The van der Waals surface area contributed by atoms with Gasteiger partial charge in [0, 0.05) is 28.2 Å². The van der Waals surface area contributed by atoms with E-state index in [0.717, 1.165) is 0 Å². The Morgan fingerprint density at radius 1 is 1.41 bits per heavy atom. The molecule has 0 fully saturated rings. The fraction of sp³-hybridized carbons (Fsp3) is 0.500. The van der Waals surface area contributed by atoms with Gasteiger partial charge in [0.05, 0.1) is 0 Å². The van der Waals surface area contributed by atoms with E-state index in [2.05, 4.69) is 41.6 Å². The summed E-state index contributed by atoms with van der Waals surface area (Å²) in [7, 11) is -3.51. The molecule has 0 spiro atoms. The summed E-state index contributed by atoms with van der Waals surface area (Å²) in [5, 5.41) is 0.575. The summed E-state index contributed by atoms with van der Waals surface area (Å²) in [5.74, 6) is 0.212. The molecule has 4 nitrogen and oxygen atoms in total. The molecule has 0 amide bonds. The third-order valence-electron chi connectivity index (χ3n) is 2.27. The zero-order valence-electron chi connectivity index (χ0n) is 9.52. The van der Waals surface area contributed by atoms with Crippen LogP contribution in [0.15, 0.2) is 27.8 Å². The van der Waals surface area contributed by atoms with Gasteiger partial charge in [-0.25, -0.2) is 13.1 Å². The molecular weight excluding hydrogens is 372 g/mol. The molecule has 1 N–H and O–H groups in total. The molecule has 96 valence electrons. The van der Waals surface area contributed by atoms with Crippen molar-refractivity contribution in [3.05, 3.63) is 22.9 Å². The molecule has 7 heteroatoms. The minimum atomic E-state index is -3.51. The number of nitrogens with zero attached hydrogens (tertiary/aromatic N) is 1. The summed E-state index contributed by atoms with van der Waals surface area (Å²) in [6.45, 7) is 3.93. The Hall–Kier alpha value is 0.0200. The van der Waals surface area contributed by atoms with Gasteiger partial charge in [-0.3, -0.25) is 4.98 Å². The zero-order chi connectivity index (χ0) is 13.1. The Labute approximate surface area is 119 Å². The van der Waals surface area contributed by atoms with Crippen molar-refractivity contribution >= 4 is 41.9 Å². The maximum absolute atomic E-state index is 12.1. The molecule has 0 bridgehead atoms. The van der Waals surface area contributed by atoms with Crippen molar-refractivity contribution in [3.63, 3.8) is 0 Å². The number of aromatic nitrogens is 1. The second-order valence-electron chi connectivity index (χ2n) is 3.96. The van der Waals surface area contributed by atoms with Crippen LogP contribution in [0.1, 0.15) is 13.8 Å². The average Bonchev–Trinajstić information content (AvgIpc) is 2.25. The molecule has 1 rings (SSSR count). The van der Waals surface area contributed by atoms with Crippen molar-refractivity contribution in [2.75, 3.05) is 5.33 Å². The van der Waals surface area contributed by atoms with Gasteiger partial charge in [0.1, 0.15) is 4.90 Å². The van der Waals surface area contributed by atoms with E-state index in [4.69, 9.17) is 0 Å². The van der Waals surface area contributed by atoms with Crippen LogP contribution < -0.4 is 4.72 Å². The van der Waals surface area contributed by atoms with Crippen molar-refractivity contribution in [1.82, 2.24) is 9.71 Å². The van der Waals surface area contributed by atoms with Crippen molar-refractivity contribution in [3.8, 4) is 0 Å². The lowest BCUT2D eigenvalue weighted by atomic mass is 10.1. The Bertz CT molecular complexity index is 477. The van der Waals surface area contributed by atoms with Gasteiger partial charge in [0.2, 0.25) is 10.0 Å². The predicted molar refractivity (Wildman–Crippen MR) is 74.7 cm³/mol. The van der Waals surface area contributed by atoms with Crippen LogP contribution >= 0.6 is 31.9 Å². The van der Waals surface area contributed by atoms with E-state index in [1.165, 1.54) is 12.3 Å². The normalized spacial score (nSPS) is 13.9. The zero-order valence-corrected chi connectivity index (χ0v) is 13.5. The lowest BCUT2D eigenvalue weighted by Gasteiger charge is -2.19. The average molecular weight is 386 g/mol. The fourth-order valence-electron chi connectivity index (χ4n) is 1.15. The van der Waals surface area contributed by atoms with Gasteiger partial charge in [-0.2, -0.15) is 0 Å². The van der Waals surface area contributed by atoms with Gasteiger partial charge in [0.25, 0.3) is 0 Å². The van der Waals surface area contributed by atoms with E-state index in [0.29, 0.717) is 9.80 Å². The van der Waals surface area contributed by atoms with Crippen LogP contribution in [0, 0.1) is 5.92 Å². The first-order chi connectivity index (χ1) is 7.86. The number of pyridine rings is 1. The van der Waals surface area contributed by atoms with Gasteiger partial charge in [-0.05, 0) is 27.9 Å². The number of nitrogens with one attached hydrogen (secondary N) is 1. The molecule has 0 aliphatic rings. The number of halogens is 2. The van der Waals surface area contributed by atoms with Crippen LogP contribution in [-0.2, 0) is 10.0 Å². The number of hydrogen-bond donors (Lipinski definition) is 1. The minimum absolute atomic E-state index is 0.140. The Balaban J connectivity index is 2.96. The second-order valence-corrected chi connectivity index (χ2v) is 7.24. The first-order valence-corrected chi connectivity index (χ1v) is 8.45. The van der Waals surface area contributed by atoms with Crippen LogP contribution in [-0.4, -0.2) is 24.8 Å². The van der Waals surface area contributed by atoms with Gasteiger partial charge < -0.3 is 0 Å². The summed E-state index contributed by atoms with van der Waals surface area (Å²) in [5.41, 5.74) is 0. The van der Waals surface area contributed by atoms with Crippen molar-refractivity contribution < 1.29 is 8.42 Å². The smallest absolute Gasteiger partial charge is 0.242 e. The standard InChI is InChI=1S/C10H14Br2N2O2S/c1-7(2)10(4-11)14-17(15,16)9-3-8(12)5-13-6-9/h3,5-7,10,14H,4H2,1-2H3. The van der Waals surface area contributed by atoms with E-state index in [9.17, 15) is 8.42 Å². The van der Waals surface area contributed by atoms with E-state index in [-0.39, 0.29) is 16.9 Å². The first kappa shape index (κ1) is 15.1. The van der Waals surface area contributed by atoms with E-state index >= 15 is 0 Å². The summed E-state index contributed by atoms with van der Waals surface area (Å²) < 4.78 is 27.4. The highest BCUT2D eigenvalue weighted by molar-refractivity contribution is 9.10.